The molecule has 1 amide bonds. The number of fused-ring (bicyclic) bond motifs is 1. The molecule has 154 valence electrons. The molecular weight excluding hydrogens is 412 g/mol. The molecule has 0 saturated heterocycles. The lowest BCUT2D eigenvalue weighted by Gasteiger charge is -2.03. The molecule has 0 aliphatic heterocycles. The average Bonchev–Trinajstić information content (AvgIpc) is 3.33. The lowest BCUT2D eigenvalue weighted by Crippen LogP contribution is -2.25. The Bertz CT molecular complexity index is 1230. The van der Waals surface area contributed by atoms with E-state index in [0.717, 1.165) is 40.2 Å². The third kappa shape index (κ3) is 4.21. The summed E-state index contributed by atoms with van der Waals surface area (Å²) in [6.45, 7) is 2.34. The molecule has 5 nitrogen and oxygen atoms in total. The Kier molecular flexibility index (Phi) is 5.55. The molecule has 2 aromatic heterocycles. The summed E-state index contributed by atoms with van der Waals surface area (Å²) in [5.74, 6) is -1.22. The van der Waals surface area contributed by atoms with E-state index in [4.69, 9.17) is 16.1 Å². The molecule has 0 atom stereocenters. The van der Waals surface area contributed by atoms with Crippen LogP contribution in [0.15, 0.2) is 47.1 Å². The van der Waals surface area contributed by atoms with Gasteiger partial charge >= 0.3 is 0 Å². The highest BCUT2D eigenvalue weighted by Gasteiger charge is 2.15. The Morgan fingerprint density at radius 1 is 1.20 bits per heavy atom. The first-order chi connectivity index (χ1) is 14.4. The molecule has 0 spiro atoms. The maximum Gasteiger partial charge on any atom is 0.273 e. The van der Waals surface area contributed by atoms with Crippen molar-refractivity contribution in [3.05, 3.63) is 87.4 Å². The van der Waals surface area contributed by atoms with Gasteiger partial charge in [-0.25, -0.2) is 8.78 Å². The second-order valence-corrected chi connectivity index (χ2v) is 7.46. The Hall–Kier alpha value is -3.19. The van der Waals surface area contributed by atoms with Crippen LogP contribution in [0.25, 0.3) is 10.9 Å². The lowest BCUT2D eigenvalue weighted by atomic mass is 10.1. The van der Waals surface area contributed by atoms with Gasteiger partial charge in [-0.2, -0.15) is 0 Å². The fourth-order valence-electron chi connectivity index (χ4n) is 3.29. The fourth-order valence-corrected chi connectivity index (χ4v) is 3.45. The Balaban J connectivity index is 1.37. The van der Waals surface area contributed by atoms with Crippen molar-refractivity contribution in [1.82, 2.24) is 15.5 Å². The highest BCUT2D eigenvalue weighted by Crippen LogP contribution is 2.25. The highest BCUT2D eigenvalue weighted by molar-refractivity contribution is 6.32. The van der Waals surface area contributed by atoms with Gasteiger partial charge in [0, 0.05) is 41.2 Å². The number of carbonyl (C=O) groups is 1. The molecule has 8 heteroatoms. The SMILES string of the molecule is Cc1cc2c(CCNC(=O)c3cc(Cc4cc(F)ccc4F)on3)c[nH]c2cc1Cl. The first-order valence-corrected chi connectivity index (χ1v) is 9.72. The number of nitrogens with one attached hydrogen (secondary N) is 2. The van der Waals surface area contributed by atoms with Crippen LogP contribution in [0, 0.1) is 18.6 Å². The zero-order valence-corrected chi connectivity index (χ0v) is 16.8. The molecule has 4 aromatic rings. The van der Waals surface area contributed by atoms with Gasteiger partial charge in [0.2, 0.25) is 0 Å². The molecule has 4 rings (SSSR count). The van der Waals surface area contributed by atoms with E-state index in [2.05, 4.69) is 15.5 Å². The number of H-pyrrole nitrogens is 1. The summed E-state index contributed by atoms with van der Waals surface area (Å²) in [4.78, 5) is 15.5. The summed E-state index contributed by atoms with van der Waals surface area (Å²) >= 11 is 6.15. The van der Waals surface area contributed by atoms with Gasteiger partial charge < -0.3 is 14.8 Å². The number of aryl methyl sites for hydroxylation is 1. The third-order valence-corrected chi connectivity index (χ3v) is 5.30. The summed E-state index contributed by atoms with van der Waals surface area (Å²) < 4.78 is 32.2. The Labute approximate surface area is 176 Å². The van der Waals surface area contributed by atoms with Gasteiger partial charge in [-0.3, -0.25) is 4.79 Å². The van der Waals surface area contributed by atoms with Crippen molar-refractivity contribution in [2.45, 2.75) is 19.8 Å². The van der Waals surface area contributed by atoms with E-state index in [0.29, 0.717) is 18.0 Å². The van der Waals surface area contributed by atoms with E-state index >= 15 is 0 Å². The number of benzene rings is 2. The number of hydrogen-bond donors (Lipinski definition) is 2. The zero-order chi connectivity index (χ0) is 21.3. The number of rotatable bonds is 6. The van der Waals surface area contributed by atoms with Gasteiger partial charge in [-0.05, 0) is 60.4 Å². The molecule has 0 unspecified atom stereocenters. The number of carbonyl (C=O) groups excluding carboxylic acids is 1. The van der Waals surface area contributed by atoms with Crippen LogP contribution in [-0.2, 0) is 12.8 Å². The predicted molar refractivity (Wildman–Crippen MR) is 110 cm³/mol. The molecule has 0 saturated carbocycles. The molecule has 0 aliphatic carbocycles. The van der Waals surface area contributed by atoms with Crippen molar-refractivity contribution >= 4 is 28.4 Å². The first kappa shape index (κ1) is 20.1. The smallest absolute Gasteiger partial charge is 0.273 e. The van der Waals surface area contributed by atoms with Crippen LogP contribution in [0.2, 0.25) is 5.02 Å². The minimum Gasteiger partial charge on any atom is -0.361 e. The molecule has 0 radical (unpaired) electrons. The zero-order valence-electron chi connectivity index (χ0n) is 16.1. The highest BCUT2D eigenvalue weighted by atomic mass is 35.5. The lowest BCUT2D eigenvalue weighted by molar-refractivity contribution is 0.0945. The minimum atomic E-state index is -0.547. The van der Waals surface area contributed by atoms with Crippen LogP contribution in [0.4, 0.5) is 8.78 Å². The summed E-state index contributed by atoms with van der Waals surface area (Å²) in [5, 5.41) is 8.28. The molecular formula is C22H18ClF2N3O2. The minimum absolute atomic E-state index is 0.00111. The quantitative estimate of drug-likeness (QED) is 0.455. The van der Waals surface area contributed by atoms with Gasteiger partial charge in [-0.15, -0.1) is 0 Å². The maximum atomic E-state index is 13.8. The van der Waals surface area contributed by atoms with Crippen molar-refractivity contribution < 1.29 is 18.1 Å². The first-order valence-electron chi connectivity index (χ1n) is 9.34. The van der Waals surface area contributed by atoms with Crippen molar-refractivity contribution in [3.8, 4) is 0 Å². The maximum absolute atomic E-state index is 13.8. The molecule has 2 N–H and O–H groups in total. The van der Waals surface area contributed by atoms with E-state index < -0.39 is 17.5 Å². The Morgan fingerprint density at radius 3 is 2.87 bits per heavy atom. The van der Waals surface area contributed by atoms with Crippen molar-refractivity contribution in [1.29, 1.82) is 0 Å². The van der Waals surface area contributed by atoms with E-state index in [1.54, 1.807) is 0 Å². The van der Waals surface area contributed by atoms with E-state index in [-0.39, 0.29) is 23.4 Å². The van der Waals surface area contributed by atoms with Crippen LogP contribution in [-0.4, -0.2) is 22.6 Å². The fraction of sp³-hybridized carbons (Fsp3) is 0.182. The van der Waals surface area contributed by atoms with E-state index in [9.17, 15) is 13.6 Å². The molecule has 0 fully saturated rings. The van der Waals surface area contributed by atoms with Crippen LogP contribution in [0.3, 0.4) is 0 Å². The van der Waals surface area contributed by atoms with Crippen molar-refractivity contribution in [2.75, 3.05) is 6.54 Å². The van der Waals surface area contributed by atoms with Gasteiger partial charge in [0.15, 0.2) is 5.69 Å². The second kappa shape index (κ2) is 8.28. The van der Waals surface area contributed by atoms with Crippen molar-refractivity contribution in [3.63, 3.8) is 0 Å². The topological polar surface area (TPSA) is 70.9 Å². The number of aromatic amines is 1. The van der Waals surface area contributed by atoms with Crippen LogP contribution in [0.5, 0.6) is 0 Å². The number of hydrogen-bond acceptors (Lipinski definition) is 3. The van der Waals surface area contributed by atoms with E-state index in [1.165, 1.54) is 6.07 Å². The summed E-state index contributed by atoms with van der Waals surface area (Å²) in [5.41, 5.74) is 3.21. The summed E-state index contributed by atoms with van der Waals surface area (Å²) in [6, 6.07) is 8.51. The van der Waals surface area contributed by atoms with Crippen LogP contribution < -0.4 is 5.32 Å². The number of halogens is 3. The summed E-state index contributed by atoms with van der Waals surface area (Å²) in [7, 11) is 0. The second-order valence-electron chi connectivity index (χ2n) is 7.06. The summed E-state index contributed by atoms with van der Waals surface area (Å²) in [6.07, 6.45) is 2.52. The van der Waals surface area contributed by atoms with Crippen molar-refractivity contribution in [2.24, 2.45) is 0 Å². The number of amides is 1. The molecule has 0 aliphatic rings. The largest absolute Gasteiger partial charge is 0.361 e. The molecule has 30 heavy (non-hydrogen) atoms. The normalized spacial score (nSPS) is 11.2. The molecule has 2 heterocycles. The van der Waals surface area contributed by atoms with Crippen LogP contribution >= 0.6 is 11.6 Å². The van der Waals surface area contributed by atoms with Crippen LogP contribution in [0.1, 0.15) is 32.9 Å². The van der Waals surface area contributed by atoms with Gasteiger partial charge in [-0.1, -0.05) is 16.8 Å². The standard InChI is InChI=1S/C22H18ClF2N3O2/c1-12-6-17-13(11-27-20(17)10-18(12)23)4-5-26-22(29)21-9-16(30-28-21)8-14-7-15(24)2-3-19(14)25/h2-3,6-7,9-11,27H,4-5,8H2,1H3,(H,26,29). The molecule has 0 bridgehead atoms. The molecule has 2 aromatic carbocycles. The van der Waals surface area contributed by atoms with Gasteiger partial charge in [0.25, 0.3) is 5.91 Å². The number of nitrogens with zero attached hydrogens (tertiary/aromatic N) is 1. The number of aromatic nitrogens is 2. The Morgan fingerprint density at radius 2 is 2.03 bits per heavy atom. The third-order valence-electron chi connectivity index (χ3n) is 4.89. The van der Waals surface area contributed by atoms with Gasteiger partial charge in [0.05, 0.1) is 0 Å². The monoisotopic (exact) mass is 429 g/mol. The van der Waals surface area contributed by atoms with Gasteiger partial charge in [0.1, 0.15) is 17.4 Å². The van der Waals surface area contributed by atoms with E-state index in [1.807, 2.05) is 25.3 Å². The predicted octanol–water partition coefficient (Wildman–Crippen LogP) is 4.96. The average molecular weight is 430 g/mol.